The number of hydrogen-bond acceptors (Lipinski definition) is 3. The molecule has 108 valence electrons. The number of aromatic nitrogens is 2. The number of nitrogens with two attached hydrogens (primary N) is 1. The first-order chi connectivity index (χ1) is 9.40. The van der Waals surface area contributed by atoms with E-state index in [1.165, 1.54) is 0 Å². The van der Waals surface area contributed by atoms with Crippen molar-refractivity contribution in [1.29, 1.82) is 0 Å². The maximum atomic E-state index is 6.19. The van der Waals surface area contributed by atoms with E-state index in [1.807, 2.05) is 40.0 Å². The lowest BCUT2D eigenvalue weighted by Crippen LogP contribution is -2.05. The summed E-state index contributed by atoms with van der Waals surface area (Å²) in [5.74, 6) is 0.841. The lowest BCUT2D eigenvalue weighted by Gasteiger charge is -2.12. The van der Waals surface area contributed by atoms with Crippen molar-refractivity contribution in [3.05, 3.63) is 45.7 Å². The smallest absolute Gasteiger partial charge is 0.133 e. The van der Waals surface area contributed by atoms with Crippen molar-refractivity contribution in [1.82, 2.24) is 9.78 Å². The third-order valence-electron chi connectivity index (χ3n) is 3.37. The monoisotopic (exact) mass is 293 g/mol. The van der Waals surface area contributed by atoms with Gasteiger partial charge in [-0.2, -0.15) is 5.10 Å². The standard InChI is InChI=1S/C15H20ClN3O/c1-9-7-12(10(2)17)5-6-14(9)20-8-13-11(3)18-19(4)15(13)16/h5-7,10H,8,17H2,1-4H3/t10-/m1/s1. The second kappa shape index (κ2) is 5.85. The molecule has 0 bridgehead atoms. The second-order valence-corrected chi connectivity index (χ2v) is 5.44. The predicted octanol–water partition coefficient (Wildman–Crippen LogP) is 3.29. The van der Waals surface area contributed by atoms with Crippen molar-refractivity contribution in [2.45, 2.75) is 33.4 Å². The van der Waals surface area contributed by atoms with E-state index >= 15 is 0 Å². The van der Waals surface area contributed by atoms with Gasteiger partial charge in [-0.3, -0.25) is 4.68 Å². The highest BCUT2D eigenvalue weighted by Gasteiger charge is 2.12. The van der Waals surface area contributed by atoms with Crippen LogP contribution < -0.4 is 10.5 Å². The Morgan fingerprint density at radius 2 is 2.10 bits per heavy atom. The van der Waals surface area contributed by atoms with Crippen LogP contribution in [0.3, 0.4) is 0 Å². The van der Waals surface area contributed by atoms with Gasteiger partial charge in [0.2, 0.25) is 0 Å². The lowest BCUT2D eigenvalue weighted by molar-refractivity contribution is 0.303. The minimum absolute atomic E-state index is 0.0257. The van der Waals surface area contributed by atoms with E-state index in [9.17, 15) is 0 Å². The van der Waals surface area contributed by atoms with E-state index in [4.69, 9.17) is 22.1 Å². The molecule has 20 heavy (non-hydrogen) atoms. The third kappa shape index (κ3) is 2.97. The average Bonchev–Trinajstić information content (AvgIpc) is 2.62. The maximum Gasteiger partial charge on any atom is 0.133 e. The van der Waals surface area contributed by atoms with Gasteiger partial charge < -0.3 is 10.5 Å². The Morgan fingerprint density at radius 3 is 2.60 bits per heavy atom. The molecule has 0 fully saturated rings. The summed E-state index contributed by atoms with van der Waals surface area (Å²) in [6, 6.07) is 6.02. The minimum atomic E-state index is 0.0257. The number of ether oxygens (including phenoxy) is 1. The molecule has 0 aliphatic heterocycles. The van der Waals surface area contributed by atoms with Gasteiger partial charge >= 0.3 is 0 Å². The molecule has 2 aromatic rings. The van der Waals surface area contributed by atoms with Gasteiger partial charge in [-0.1, -0.05) is 23.7 Å². The highest BCUT2D eigenvalue weighted by Crippen LogP contribution is 2.25. The van der Waals surface area contributed by atoms with Crippen LogP contribution in [-0.2, 0) is 13.7 Å². The van der Waals surface area contributed by atoms with Crippen molar-refractivity contribution in [3.8, 4) is 5.75 Å². The molecular weight excluding hydrogens is 274 g/mol. The van der Waals surface area contributed by atoms with Gasteiger partial charge in [-0.15, -0.1) is 0 Å². The summed E-state index contributed by atoms with van der Waals surface area (Å²) in [4.78, 5) is 0. The van der Waals surface area contributed by atoms with Crippen LogP contribution in [0.2, 0.25) is 5.15 Å². The van der Waals surface area contributed by atoms with Gasteiger partial charge in [-0.05, 0) is 38.0 Å². The fourth-order valence-electron chi connectivity index (χ4n) is 2.11. The van der Waals surface area contributed by atoms with Crippen LogP contribution in [-0.4, -0.2) is 9.78 Å². The minimum Gasteiger partial charge on any atom is -0.488 e. The SMILES string of the molecule is Cc1cc([C@@H](C)N)ccc1OCc1c(C)nn(C)c1Cl. The highest BCUT2D eigenvalue weighted by molar-refractivity contribution is 6.30. The molecule has 0 spiro atoms. The number of benzene rings is 1. The summed E-state index contributed by atoms with van der Waals surface area (Å²) in [5.41, 5.74) is 9.85. The molecule has 4 nitrogen and oxygen atoms in total. The number of aryl methyl sites for hydroxylation is 3. The van der Waals surface area contributed by atoms with Crippen LogP contribution in [0.15, 0.2) is 18.2 Å². The van der Waals surface area contributed by atoms with E-state index in [-0.39, 0.29) is 6.04 Å². The largest absolute Gasteiger partial charge is 0.488 e. The fourth-order valence-corrected chi connectivity index (χ4v) is 2.33. The zero-order valence-electron chi connectivity index (χ0n) is 12.3. The van der Waals surface area contributed by atoms with Gasteiger partial charge in [0.1, 0.15) is 17.5 Å². The molecular formula is C15H20ClN3O. The average molecular weight is 294 g/mol. The van der Waals surface area contributed by atoms with E-state index < -0.39 is 0 Å². The Balaban J connectivity index is 2.15. The van der Waals surface area contributed by atoms with Crippen LogP contribution in [0.25, 0.3) is 0 Å². The van der Waals surface area contributed by atoms with Crippen molar-refractivity contribution in [3.63, 3.8) is 0 Å². The van der Waals surface area contributed by atoms with Crippen molar-refractivity contribution in [2.24, 2.45) is 12.8 Å². The van der Waals surface area contributed by atoms with Gasteiger partial charge in [-0.25, -0.2) is 0 Å². The molecule has 0 saturated heterocycles. The quantitative estimate of drug-likeness (QED) is 0.941. The number of halogens is 1. The van der Waals surface area contributed by atoms with Crippen LogP contribution >= 0.6 is 11.6 Å². The molecule has 0 radical (unpaired) electrons. The predicted molar refractivity (Wildman–Crippen MR) is 81.1 cm³/mol. The Labute approximate surface area is 124 Å². The Bertz CT molecular complexity index is 620. The summed E-state index contributed by atoms with van der Waals surface area (Å²) in [5, 5.41) is 4.89. The maximum absolute atomic E-state index is 6.19. The zero-order valence-corrected chi connectivity index (χ0v) is 13.0. The third-order valence-corrected chi connectivity index (χ3v) is 3.84. The first kappa shape index (κ1) is 14.9. The van der Waals surface area contributed by atoms with Crippen molar-refractivity contribution in [2.75, 3.05) is 0 Å². The van der Waals surface area contributed by atoms with Crippen molar-refractivity contribution < 1.29 is 4.74 Å². The van der Waals surface area contributed by atoms with Gasteiger partial charge in [0.05, 0.1) is 5.69 Å². The molecule has 1 heterocycles. The molecule has 1 aromatic carbocycles. The molecule has 5 heteroatoms. The summed E-state index contributed by atoms with van der Waals surface area (Å²) in [7, 11) is 1.82. The van der Waals surface area contributed by atoms with E-state index in [0.717, 1.165) is 28.1 Å². The van der Waals surface area contributed by atoms with Crippen LogP contribution in [0, 0.1) is 13.8 Å². The Morgan fingerprint density at radius 1 is 1.40 bits per heavy atom. The van der Waals surface area contributed by atoms with Crippen molar-refractivity contribution >= 4 is 11.6 Å². The van der Waals surface area contributed by atoms with E-state index in [1.54, 1.807) is 4.68 Å². The Kier molecular flexibility index (Phi) is 4.35. The summed E-state index contributed by atoms with van der Waals surface area (Å²) >= 11 is 6.19. The zero-order chi connectivity index (χ0) is 14.9. The molecule has 1 atom stereocenters. The van der Waals surface area contributed by atoms with E-state index in [2.05, 4.69) is 11.2 Å². The molecule has 2 rings (SSSR count). The van der Waals surface area contributed by atoms with E-state index in [0.29, 0.717) is 11.8 Å². The molecule has 0 saturated carbocycles. The van der Waals surface area contributed by atoms with Crippen LogP contribution in [0.1, 0.15) is 35.3 Å². The summed E-state index contributed by atoms with van der Waals surface area (Å²) in [6.45, 7) is 6.32. The summed E-state index contributed by atoms with van der Waals surface area (Å²) in [6.07, 6.45) is 0. The molecule has 0 amide bonds. The first-order valence-corrected chi connectivity index (χ1v) is 6.95. The number of rotatable bonds is 4. The number of hydrogen-bond donors (Lipinski definition) is 1. The van der Waals surface area contributed by atoms with Crippen LogP contribution in [0.4, 0.5) is 0 Å². The first-order valence-electron chi connectivity index (χ1n) is 6.57. The number of nitrogens with zero attached hydrogens (tertiary/aromatic N) is 2. The molecule has 1 aromatic heterocycles. The molecule has 0 unspecified atom stereocenters. The molecule has 0 aliphatic carbocycles. The van der Waals surface area contributed by atoms with Gasteiger partial charge in [0.25, 0.3) is 0 Å². The normalized spacial score (nSPS) is 12.5. The molecule has 2 N–H and O–H groups in total. The van der Waals surface area contributed by atoms with Crippen LogP contribution in [0.5, 0.6) is 5.75 Å². The lowest BCUT2D eigenvalue weighted by atomic mass is 10.1. The second-order valence-electron chi connectivity index (χ2n) is 5.08. The fraction of sp³-hybridized carbons (Fsp3) is 0.400. The Hall–Kier alpha value is -1.52. The molecule has 0 aliphatic rings. The van der Waals surface area contributed by atoms with Gasteiger partial charge in [0, 0.05) is 18.7 Å². The highest BCUT2D eigenvalue weighted by atomic mass is 35.5. The topological polar surface area (TPSA) is 53.1 Å². The summed E-state index contributed by atoms with van der Waals surface area (Å²) < 4.78 is 7.51. The van der Waals surface area contributed by atoms with Gasteiger partial charge in [0.15, 0.2) is 0 Å².